The molecule has 0 heterocycles. The molecule has 12 heavy (non-hydrogen) atoms. The zero-order chi connectivity index (χ0) is 9.14. The molecule has 1 unspecified atom stereocenters. The van der Waals surface area contributed by atoms with Gasteiger partial charge in [0, 0.05) is 16.6 Å². The average Bonchev–Trinajstić information content (AvgIpc) is 2.08. The van der Waals surface area contributed by atoms with Gasteiger partial charge in [-0.05, 0) is 18.2 Å². The zero-order valence-electron chi connectivity index (χ0n) is 6.23. The molecule has 0 radical (unpaired) electrons. The Morgan fingerprint density at radius 2 is 2.17 bits per heavy atom. The summed E-state index contributed by atoms with van der Waals surface area (Å²) >= 11 is 3.11. The maximum atomic E-state index is 13.0. The smallest absolute Gasteiger partial charge is 0.138 e. The van der Waals surface area contributed by atoms with E-state index in [9.17, 15) is 8.78 Å². The molecule has 0 saturated heterocycles. The van der Waals surface area contributed by atoms with Gasteiger partial charge in [0.05, 0.1) is 0 Å². The van der Waals surface area contributed by atoms with Gasteiger partial charge in [-0.1, -0.05) is 15.9 Å². The van der Waals surface area contributed by atoms with Gasteiger partial charge in [-0.2, -0.15) is 0 Å². The molecule has 1 aromatic rings. The van der Waals surface area contributed by atoms with Crippen LogP contribution in [0.2, 0.25) is 0 Å². The predicted octanol–water partition coefficient (Wildman–Crippen LogP) is 2.56. The number of nitrogens with two attached hydrogens (primary N) is 1. The SMILES string of the molecule is NCC(F)c1cc(F)ccc1Br. The Morgan fingerprint density at radius 1 is 1.50 bits per heavy atom. The summed E-state index contributed by atoms with van der Waals surface area (Å²) in [5.41, 5.74) is 5.37. The molecule has 1 aromatic carbocycles. The number of halogens is 3. The third-order valence-electron chi connectivity index (χ3n) is 1.50. The number of hydrogen-bond donors (Lipinski definition) is 1. The highest BCUT2D eigenvalue weighted by molar-refractivity contribution is 9.10. The van der Waals surface area contributed by atoms with E-state index in [-0.39, 0.29) is 12.1 Å². The Labute approximate surface area is 77.7 Å². The molecule has 0 amide bonds. The van der Waals surface area contributed by atoms with Crippen LogP contribution in [0, 0.1) is 5.82 Å². The van der Waals surface area contributed by atoms with Gasteiger partial charge in [0.2, 0.25) is 0 Å². The van der Waals surface area contributed by atoms with Crippen molar-refractivity contribution in [2.45, 2.75) is 6.17 Å². The van der Waals surface area contributed by atoms with E-state index < -0.39 is 12.0 Å². The van der Waals surface area contributed by atoms with Gasteiger partial charge in [-0.15, -0.1) is 0 Å². The molecule has 2 N–H and O–H groups in total. The molecule has 1 nitrogen and oxygen atoms in total. The number of benzene rings is 1. The van der Waals surface area contributed by atoms with Crippen molar-refractivity contribution in [3.05, 3.63) is 34.1 Å². The van der Waals surface area contributed by atoms with Gasteiger partial charge >= 0.3 is 0 Å². The molecule has 0 aliphatic rings. The molecule has 66 valence electrons. The van der Waals surface area contributed by atoms with Crippen molar-refractivity contribution >= 4 is 15.9 Å². The van der Waals surface area contributed by atoms with E-state index >= 15 is 0 Å². The first-order chi connectivity index (χ1) is 5.65. The van der Waals surface area contributed by atoms with Crippen molar-refractivity contribution < 1.29 is 8.78 Å². The molecule has 0 aliphatic carbocycles. The lowest BCUT2D eigenvalue weighted by molar-refractivity contribution is 0.350. The van der Waals surface area contributed by atoms with Gasteiger partial charge in [0.15, 0.2) is 0 Å². The van der Waals surface area contributed by atoms with Crippen molar-refractivity contribution in [2.24, 2.45) is 5.73 Å². The zero-order valence-corrected chi connectivity index (χ0v) is 7.81. The van der Waals surface area contributed by atoms with Crippen molar-refractivity contribution in [1.29, 1.82) is 0 Å². The topological polar surface area (TPSA) is 26.0 Å². The second-order valence-electron chi connectivity index (χ2n) is 2.37. The van der Waals surface area contributed by atoms with Crippen LogP contribution in [-0.2, 0) is 0 Å². The van der Waals surface area contributed by atoms with Crippen LogP contribution in [0.4, 0.5) is 8.78 Å². The summed E-state index contributed by atoms with van der Waals surface area (Å²) < 4.78 is 26.1. The van der Waals surface area contributed by atoms with E-state index in [1.165, 1.54) is 12.1 Å². The van der Waals surface area contributed by atoms with E-state index in [4.69, 9.17) is 5.73 Å². The summed E-state index contributed by atoms with van der Waals surface area (Å²) in [6.07, 6.45) is -1.31. The van der Waals surface area contributed by atoms with Gasteiger partial charge in [-0.25, -0.2) is 8.78 Å². The standard InChI is InChI=1S/C8H8BrF2N/c9-7-2-1-5(10)3-6(7)8(11)4-12/h1-3,8H,4,12H2. The van der Waals surface area contributed by atoms with Gasteiger partial charge in [0.1, 0.15) is 12.0 Å². The first kappa shape index (κ1) is 9.61. The highest BCUT2D eigenvalue weighted by Gasteiger charge is 2.11. The van der Waals surface area contributed by atoms with Gasteiger partial charge in [-0.3, -0.25) is 0 Å². The van der Waals surface area contributed by atoms with Crippen LogP contribution in [0.25, 0.3) is 0 Å². The van der Waals surface area contributed by atoms with Crippen LogP contribution in [0.15, 0.2) is 22.7 Å². The monoisotopic (exact) mass is 235 g/mol. The highest BCUT2D eigenvalue weighted by atomic mass is 79.9. The maximum Gasteiger partial charge on any atom is 0.138 e. The lowest BCUT2D eigenvalue weighted by atomic mass is 10.1. The van der Waals surface area contributed by atoms with Crippen LogP contribution >= 0.6 is 15.9 Å². The summed E-state index contributed by atoms with van der Waals surface area (Å²) in [5, 5.41) is 0. The number of alkyl halides is 1. The largest absolute Gasteiger partial charge is 0.327 e. The fraction of sp³-hybridized carbons (Fsp3) is 0.250. The van der Waals surface area contributed by atoms with Gasteiger partial charge in [0.25, 0.3) is 0 Å². The predicted molar refractivity (Wildman–Crippen MR) is 47.0 cm³/mol. The third-order valence-corrected chi connectivity index (χ3v) is 2.22. The van der Waals surface area contributed by atoms with Crippen molar-refractivity contribution in [3.63, 3.8) is 0 Å². The van der Waals surface area contributed by atoms with E-state index in [2.05, 4.69) is 15.9 Å². The summed E-state index contributed by atoms with van der Waals surface area (Å²) in [4.78, 5) is 0. The maximum absolute atomic E-state index is 13.0. The number of hydrogen-bond acceptors (Lipinski definition) is 1. The van der Waals surface area contributed by atoms with E-state index in [1.807, 2.05) is 0 Å². The molecule has 0 spiro atoms. The fourth-order valence-corrected chi connectivity index (χ4v) is 1.38. The Bertz CT molecular complexity index is 278. The molecular formula is C8H8BrF2N. The molecule has 0 fully saturated rings. The van der Waals surface area contributed by atoms with E-state index in [1.54, 1.807) is 0 Å². The fourth-order valence-electron chi connectivity index (χ4n) is 0.882. The minimum Gasteiger partial charge on any atom is -0.327 e. The van der Waals surface area contributed by atoms with Crippen molar-refractivity contribution in [1.82, 2.24) is 0 Å². The first-order valence-corrected chi connectivity index (χ1v) is 4.23. The van der Waals surface area contributed by atoms with Crippen molar-refractivity contribution in [2.75, 3.05) is 6.54 Å². The normalized spacial score (nSPS) is 13.0. The molecule has 1 rings (SSSR count). The number of rotatable bonds is 2. The van der Waals surface area contributed by atoms with Crippen LogP contribution in [0.3, 0.4) is 0 Å². The molecule has 0 aromatic heterocycles. The van der Waals surface area contributed by atoms with Crippen LogP contribution in [0.5, 0.6) is 0 Å². The lowest BCUT2D eigenvalue weighted by Gasteiger charge is -2.07. The Morgan fingerprint density at radius 3 is 2.75 bits per heavy atom. The lowest BCUT2D eigenvalue weighted by Crippen LogP contribution is -2.08. The Kier molecular flexibility index (Phi) is 3.17. The Balaban J connectivity index is 3.04. The van der Waals surface area contributed by atoms with E-state index in [0.29, 0.717) is 4.47 Å². The minimum atomic E-state index is -1.31. The summed E-state index contributed by atoms with van der Waals surface area (Å²) in [5.74, 6) is -0.454. The molecule has 0 saturated carbocycles. The second-order valence-corrected chi connectivity index (χ2v) is 3.22. The Hall–Kier alpha value is -0.480. The second kappa shape index (κ2) is 3.96. The first-order valence-electron chi connectivity index (χ1n) is 3.44. The summed E-state index contributed by atoms with van der Waals surface area (Å²) in [6.45, 7) is -0.137. The van der Waals surface area contributed by atoms with Gasteiger partial charge < -0.3 is 5.73 Å². The van der Waals surface area contributed by atoms with Crippen molar-refractivity contribution in [3.8, 4) is 0 Å². The van der Waals surface area contributed by atoms with Crippen LogP contribution in [-0.4, -0.2) is 6.54 Å². The quantitative estimate of drug-likeness (QED) is 0.838. The highest BCUT2D eigenvalue weighted by Crippen LogP contribution is 2.25. The summed E-state index contributed by atoms with van der Waals surface area (Å²) in [7, 11) is 0. The molecule has 1 atom stereocenters. The summed E-state index contributed by atoms with van der Waals surface area (Å²) in [6, 6.07) is 3.87. The minimum absolute atomic E-state index is 0.137. The molecular weight excluding hydrogens is 228 g/mol. The average molecular weight is 236 g/mol. The van der Waals surface area contributed by atoms with Crippen LogP contribution in [0.1, 0.15) is 11.7 Å². The third kappa shape index (κ3) is 2.01. The van der Waals surface area contributed by atoms with E-state index in [0.717, 1.165) is 6.07 Å². The molecule has 0 bridgehead atoms. The molecule has 4 heteroatoms. The molecule has 0 aliphatic heterocycles. The van der Waals surface area contributed by atoms with Crippen LogP contribution < -0.4 is 5.73 Å².